The van der Waals surface area contributed by atoms with Gasteiger partial charge in [0.2, 0.25) is 0 Å². The molecule has 0 spiro atoms. The van der Waals surface area contributed by atoms with Gasteiger partial charge < -0.3 is 5.11 Å². The Hall–Kier alpha value is -0.890. The fraction of sp³-hybridized carbons (Fsp3) is 0.643. The number of hydrogen-bond acceptors (Lipinski definition) is 2. The van der Waals surface area contributed by atoms with Crippen LogP contribution in [0.1, 0.15) is 51.4 Å². The van der Waals surface area contributed by atoms with Gasteiger partial charge in [0.1, 0.15) is 6.10 Å². The molecule has 0 amide bonds. The van der Waals surface area contributed by atoms with Crippen molar-refractivity contribution in [2.75, 3.05) is 0 Å². The quantitative estimate of drug-likeness (QED) is 0.639. The van der Waals surface area contributed by atoms with Gasteiger partial charge in [-0.15, -0.1) is 0 Å². The van der Waals surface area contributed by atoms with Crippen molar-refractivity contribution in [3.63, 3.8) is 0 Å². The van der Waals surface area contributed by atoms with Crippen LogP contribution in [0.5, 0.6) is 0 Å². The third-order valence-electron chi connectivity index (χ3n) is 2.86. The SMILES string of the molecule is O=C1CCC=CCCCCC=CCCC1O. The molecular formula is C14H22O2. The molecule has 0 radical (unpaired) electrons. The van der Waals surface area contributed by atoms with Crippen LogP contribution in [-0.2, 0) is 4.79 Å². The lowest BCUT2D eigenvalue weighted by molar-refractivity contribution is -0.127. The number of Topliss-reactive ketones (excluding diaryl/α,β-unsaturated/α-hetero) is 1. The lowest BCUT2D eigenvalue weighted by Crippen LogP contribution is -2.19. The Labute approximate surface area is 98.1 Å². The van der Waals surface area contributed by atoms with Crippen molar-refractivity contribution in [2.45, 2.75) is 57.5 Å². The van der Waals surface area contributed by atoms with Gasteiger partial charge in [0.05, 0.1) is 0 Å². The number of rotatable bonds is 0. The summed E-state index contributed by atoms with van der Waals surface area (Å²) in [7, 11) is 0. The van der Waals surface area contributed by atoms with E-state index >= 15 is 0 Å². The van der Waals surface area contributed by atoms with Crippen molar-refractivity contribution in [2.24, 2.45) is 0 Å². The highest BCUT2D eigenvalue weighted by molar-refractivity contribution is 5.82. The number of ketones is 1. The van der Waals surface area contributed by atoms with Crippen LogP contribution in [0.2, 0.25) is 0 Å². The van der Waals surface area contributed by atoms with Crippen molar-refractivity contribution < 1.29 is 9.90 Å². The molecule has 2 heteroatoms. The van der Waals surface area contributed by atoms with Crippen LogP contribution < -0.4 is 0 Å². The van der Waals surface area contributed by atoms with E-state index in [2.05, 4.69) is 24.3 Å². The molecule has 0 aromatic carbocycles. The third-order valence-corrected chi connectivity index (χ3v) is 2.86. The number of carbonyl (C=O) groups is 1. The van der Waals surface area contributed by atoms with Crippen LogP contribution in [0.15, 0.2) is 24.3 Å². The van der Waals surface area contributed by atoms with Crippen LogP contribution in [0.4, 0.5) is 0 Å². The van der Waals surface area contributed by atoms with Crippen molar-refractivity contribution >= 4 is 5.78 Å². The van der Waals surface area contributed by atoms with Gasteiger partial charge >= 0.3 is 0 Å². The Morgan fingerprint density at radius 1 is 0.938 bits per heavy atom. The average Bonchev–Trinajstić information content (AvgIpc) is 2.29. The van der Waals surface area contributed by atoms with Crippen LogP contribution >= 0.6 is 0 Å². The smallest absolute Gasteiger partial charge is 0.161 e. The monoisotopic (exact) mass is 222 g/mol. The molecule has 0 bridgehead atoms. The summed E-state index contributed by atoms with van der Waals surface area (Å²) in [6.07, 6.45) is 15.0. The summed E-state index contributed by atoms with van der Waals surface area (Å²) in [6, 6.07) is 0. The summed E-state index contributed by atoms with van der Waals surface area (Å²) >= 11 is 0. The summed E-state index contributed by atoms with van der Waals surface area (Å²) in [6.45, 7) is 0. The molecular weight excluding hydrogens is 200 g/mol. The summed E-state index contributed by atoms with van der Waals surface area (Å²) in [5.41, 5.74) is 0. The van der Waals surface area contributed by atoms with Crippen molar-refractivity contribution in [3.8, 4) is 0 Å². The number of aliphatic hydroxyl groups excluding tert-OH is 1. The number of carbonyl (C=O) groups excluding carboxylic acids is 1. The lowest BCUT2D eigenvalue weighted by Gasteiger charge is -2.07. The topological polar surface area (TPSA) is 37.3 Å². The predicted octanol–water partition coefficient (Wildman–Crippen LogP) is 3.16. The van der Waals surface area contributed by atoms with Crippen molar-refractivity contribution in [3.05, 3.63) is 24.3 Å². The fourth-order valence-corrected chi connectivity index (χ4v) is 1.80. The molecule has 1 N–H and O–H groups in total. The van der Waals surface area contributed by atoms with Gasteiger partial charge in [-0.25, -0.2) is 0 Å². The Morgan fingerprint density at radius 2 is 1.50 bits per heavy atom. The van der Waals surface area contributed by atoms with E-state index < -0.39 is 6.10 Å². The van der Waals surface area contributed by atoms with Gasteiger partial charge in [-0.2, -0.15) is 0 Å². The molecule has 0 heterocycles. The minimum atomic E-state index is -0.763. The first-order valence-electron chi connectivity index (χ1n) is 6.31. The van der Waals surface area contributed by atoms with Gasteiger partial charge in [-0.3, -0.25) is 4.79 Å². The standard InChI is InChI=1S/C14H22O2/c15-13-11-9-7-5-3-1-2-4-6-8-10-12-14(13)16/h5-8,13,15H,1-4,9-12H2. The van der Waals surface area contributed by atoms with Gasteiger partial charge in [0.15, 0.2) is 5.78 Å². The normalized spacial score (nSPS) is 25.3. The van der Waals surface area contributed by atoms with E-state index in [-0.39, 0.29) is 5.78 Å². The molecule has 16 heavy (non-hydrogen) atoms. The fourth-order valence-electron chi connectivity index (χ4n) is 1.80. The highest BCUT2D eigenvalue weighted by Crippen LogP contribution is 2.08. The average molecular weight is 222 g/mol. The molecule has 1 unspecified atom stereocenters. The first kappa shape index (κ1) is 13.2. The third kappa shape index (κ3) is 5.86. The van der Waals surface area contributed by atoms with Crippen LogP contribution in [0.3, 0.4) is 0 Å². The molecule has 1 aliphatic rings. The summed E-state index contributed by atoms with van der Waals surface area (Å²) in [5.74, 6) is -0.0184. The zero-order chi connectivity index (χ0) is 11.6. The molecule has 0 aromatic heterocycles. The van der Waals surface area contributed by atoms with Crippen LogP contribution in [-0.4, -0.2) is 17.0 Å². The van der Waals surface area contributed by atoms with E-state index in [0.29, 0.717) is 12.8 Å². The highest BCUT2D eigenvalue weighted by atomic mass is 16.3. The lowest BCUT2D eigenvalue weighted by atomic mass is 10.0. The van der Waals surface area contributed by atoms with Gasteiger partial charge in [0, 0.05) is 6.42 Å². The second-order valence-electron chi connectivity index (χ2n) is 4.33. The first-order valence-corrected chi connectivity index (χ1v) is 6.31. The molecule has 0 aliphatic heterocycles. The molecule has 90 valence electrons. The number of allylic oxidation sites excluding steroid dienone is 4. The number of hydrogen-bond donors (Lipinski definition) is 1. The maximum atomic E-state index is 11.5. The minimum absolute atomic E-state index is 0.0184. The first-order chi connectivity index (χ1) is 7.80. The van der Waals surface area contributed by atoms with E-state index in [0.717, 1.165) is 25.7 Å². The maximum absolute atomic E-state index is 11.5. The zero-order valence-electron chi connectivity index (χ0n) is 9.90. The minimum Gasteiger partial charge on any atom is -0.385 e. The molecule has 1 aliphatic carbocycles. The Balaban J connectivity index is 2.40. The second-order valence-corrected chi connectivity index (χ2v) is 4.33. The van der Waals surface area contributed by atoms with Gasteiger partial charge in [-0.1, -0.05) is 24.3 Å². The molecule has 0 aromatic rings. The Kier molecular flexibility index (Phi) is 6.82. The van der Waals surface area contributed by atoms with E-state index in [4.69, 9.17) is 0 Å². The predicted molar refractivity (Wildman–Crippen MR) is 66.2 cm³/mol. The summed E-state index contributed by atoms with van der Waals surface area (Å²) < 4.78 is 0. The van der Waals surface area contributed by atoms with Crippen molar-refractivity contribution in [1.82, 2.24) is 0 Å². The Bertz CT molecular complexity index is 253. The molecule has 2 nitrogen and oxygen atoms in total. The van der Waals surface area contributed by atoms with E-state index in [1.807, 2.05) is 0 Å². The van der Waals surface area contributed by atoms with Crippen molar-refractivity contribution in [1.29, 1.82) is 0 Å². The Morgan fingerprint density at radius 3 is 2.19 bits per heavy atom. The molecule has 1 rings (SSSR count). The summed E-state index contributed by atoms with van der Waals surface area (Å²) in [4.78, 5) is 11.5. The van der Waals surface area contributed by atoms with Gasteiger partial charge in [-0.05, 0) is 44.9 Å². The second kappa shape index (κ2) is 8.28. The van der Waals surface area contributed by atoms with Crippen LogP contribution in [0, 0.1) is 0 Å². The van der Waals surface area contributed by atoms with E-state index in [1.54, 1.807) is 0 Å². The van der Waals surface area contributed by atoms with E-state index in [9.17, 15) is 9.90 Å². The highest BCUT2D eigenvalue weighted by Gasteiger charge is 2.12. The van der Waals surface area contributed by atoms with Gasteiger partial charge in [0.25, 0.3) is 0 Å². The van der Waals surface area contributed by atoms with E-state index in [1.165, 1.54) is 12.8 Å². The zero-order valence-corrected chi connectivity index (χ0v) is 9.90. The maximum Gasteiger partial charge on any atom is 0.161 e. The molecule has 0 saturated heterocycles. The van der Waals surface area contributed by atoms with Crippen LogP contribution in [0.25, 0.3) is 0 Å². The molecule has 0 saturated carbocycles. The molecule has 1 atom stereocenters. The summed E-state index contributed by atoms with van der Waals surface area (Å²) in [5, 5.41) is 9.58. The largest absolute Gasteiger partial charge is 0.385 e. The molecule has 0 fully saturated rings. The number of aliphatic hydroxyl groups is 1.